The molecule has 0 bridgehead atoms. The van der Waals surface area contributed by atoms with Crippen LogP contribution >= 0.6 is 11.8 Å². The summed E-state index contributed by atoms with van der Waals surface area (Å²) < 4.78 is 7.02. The number of aromatic nitrogens is 3. The molecule has 7 nitrogen and oxygen atoms in total. The summed E-state index contributed by atoms with van der Waals surface area (Å²) in [6.45, 7) is 2.13. The van der Waals surface area contributed by atoms with Crippen LogP contribution in [0.25, 0.3) is 11.4 Å². The van der Waals surface area contributed by atoms with Crippen LogP contribution < -0.4 is 10.1 Å². The molecule has 3 aromatic rings. The third-order valence-corrected chi connectivity index (χ3v) is 5.96. The summed E-state index contributed by atoms with van der Waals surface area (Å²) >= 11 is 1.60. The van der Waals surface area contributed by atoms with E-state index in [0.29, 0.717) is 18.0 Å². The van der Waals surface area contributed by atoms with Crippen LogP contribution in [0.5, 0.6) is 5.75 Å². The molecule has 1 aliphatic rings. The number of amides is 1. The molecule has 0 fully saturated rings. The fraction of sp³-hybridized carbons (Fsp3) is 0.304. The quantitative estimate of drug-likeness (QED) is 0.513. The van der Waals surface area contributed by atoms with E-state index in [1.54, 1.807) is 23.5 Å². The van der Waals surface area contributed by atoms with Crippen LogP contribution in [0.15, 0.2) is 58.8 Å². The van der Waals surface area contributed by atoms with E-state index in [1.165, 1.54) is 0 Å². The molecular weight excluding hydrogens is 410 g/mol. The predicted octanol–water partition coefficient (Wildman–Crippen LogP) is 4.83. The molecule has 0 saturated heterocycles. The maximum Gasteiger partial charge on any atom is 0.224 e. The molecule has 0 spiro atoms. The number of benzene rings is 2. The molecule has 0 saturated carbocycles. The summed E-state index contributed by atoms with van der Waals surface area (Å²) in [6.07, 6.45) is 3.67. The lowest BCUT2D eigenvalue weighted by atomic mass is 10.1. The lowest BCUT2D eigenvalue weighted by molar-refractivity contribution is -0.116. The van der Waals surface area contributed by atoms with Gasteiger partial charge in [-0.05, 0) is 48.4 Å². The summed E-state index contributed by atoms with van der Waals surface area (Å²) in [5.41, 5.74) is 3.67. The molecule has 160 valence electrons. The number of ether oxygens (including phenoxy) is 1. The first kappa shape index (κ1) is 21.1. The minimum atomic E-state index is 0.0602. The van der Waals surface area contributed by atoms with E-state index >= 15 is 0 Å². The zero-order chi connectivity index (χ0) is 21.6. The van der Waals surface area contributed by atoms with Gasteiger partial charge in [0.15, 0.2) is 5.82 Å². The number of methoxy groups -OCH3 is 1. The van der Waals surface area contributed by atoms with Crippen molar-refractivity contribution in [2.75, 3.05) is 18.2 Å². The largest absolute Gasteiger partial charge is 0.497 e. The minimum absolute atomic E-state index is 0.0602. The van der Waals surface area contributed by atoms with Crippen LogP contribution in [0, 0.1) is 0 Å². The Hall–Kier alpha value is -3.13. The van der Waals surface area contributed by atoms with Gasteiger partial charge in [0.1, 0.15) is 5.75 Å². The lowest BCUT2D eigenvalue weighted by Crippen LogP contribution is -2.14. The molecule has 1 amide bonds. The van der Waals surface area contributed by atoms with Crippen LogP contribution in [-0.2, 0) is 4.79 Å². The molecular formula is C23H25N5O2S. The van der Waals surface area contributed by atoms with E-state index in [0.717, 1.165) is 52.7 Å². The molecule has 0 aliphatic carbocycles. The summed E-state index contributed by atoms with van der Waals surface area (Å²) in [6, 6.07) is 15.5. The fourth-order valence-corrected chi connectivity index (χ4v) is 4.13. The van der Waals surface area contributed by atoms with Gasteiger partial charge >= 0.3 is 0 Å². The van der Waals surface area contributed by atoms with Gasteiger partial charge in [-0.1, -0.05) is 43.7 Å². The number of fused-ring (bicyclic) bond motifs is 1. The van der Waals surface area contributed by atoms with Crippen molar-refractivity contribution in [1.82, 2.24) is 14.9 Å². The first-order valence-electron chi connectivity index (χ1n) is 10.4. The minimum Gasteiger partial charge on any atom is -0.497 e. The van der Waals surface area contributed by atoms with Crippen molar-refractivity contribution in [3.05, 3.63) is 54.1 Å². The van der Waals surface area contributed by atoms with E-state index in [9.17, 15) is 4.79 Å². The van der Waals surface area contributed by atoms with Crippen molar-refractivity contribution in [3.63, 3.8) is 0 Å². The number of nitrogens with zero attached hydrogens (tertiary/aromatic N) is 4. The zero-order valence-corrected chi connectivity index (χ0v) is 18.5. The Balaban J connectivity index is 1.50. The zero-order valence-electron chi connectivity index (χ0n) is 17.7. The number of hydrogen-bond acceptors (Lipinski definition) is 6. The molecule has 1 aliphatic heterocycles. The van der Waals surface area contributed by atoms with Gasteiger partial charge in [-0.25, -0.2) is 0 Å². The number of thioether (sulfide) groups is 1. The third kappa shape index (κ3) is 4.96. The number of nitrogens with one attached hydrogen (secondary N) is 1. The monoisotopic (exact) mass is 435 g/mol. The van der Waals surface area contributed by atoms with Crippen molar-refractivity contribution in [3.8, 4) is 17.1 Å². The summed E-state index contributed by atoms with van der Waals surface area (Å²) in [5, 5.41) is 17.1. The van der Waals surface area contributed by atoms with Gasteiger partial charge in [0.25, 0.3) is 0 Å². The topological polar surface area (TPSA) is 81.4 Å². The average molecular weight is 436 g/mol. The van der Waals surface area contributed by atoms with Crippen LogP contribution in [-0.4, -0.2) is 39.4 Å². The van der Waals surface area contributed by atoms with Gasteiger partial charge in [-0.2, -0.15) is 9.78 Å². The van der Waals surface area contributed by atoms with E-state index in [2.05, 4.69) is 22.4 Å². The number of hydrogen-bond donors (Lipinski definition) is 1. The van der Waals surface area contributed by atoms with E-state index in [-0.39, 0.29) is 5.91 Å². The summed E-state index contributed by atoms with van der Waals surface area (Å²) in [5.74, 6) is 2.25. The number of anilines is 1. The second-order valence-electron chi connectivity index (χ2n) is 7.26. The first-order chi connectivity index (χ1) is 15.2. The van der Waals surface area contributed by atoms with Crippen molar-refractivity contribution in [2.24, 2.45) is 5.10 Å². The van der Waals surface area contributed by atoms with Crippen molar-refractivity contribution in [1.29, 1.82) is 0 Å². The van der Waals surface area contributed by atoms with Crippen LogP contribution in [0.4, 0.5) is 5.69 Å². The first-order valence-corrected chi connectivity index (χ1v) is 11.4. The Morgan fingerprint density at radius 3 is 2.52 bits per heavy atom. The van der Waals surface area contributed by atoms with Crippen LogP contribution in [0.2, 0.25) is 0 Å². The van der Waals surface area contributed by atoms with Crippen molar-refractivity contribution in [2.45, 2.75) is 37.8 Å². The summed E-state index contributed by atoms with van der Waals surface area (Å²) in [4.78, 5) is 12.0. The Kier molecular flexibility index (Phi) is 6.66. The van der Waals surface area contributed by atoms with Gasteiger partial charge < -0.3 is 10.1 Å². The number of unbranched alkanes of at least 4 members (excludes halogenated alkanes) is 2. The van der Waals surface area contributed by atoms with E-state index < -0.39 is 0 Å². The Bertz CT molecular complexity index is 1070. The lowest BCUT2D eigenvalue weighted by Gasteiger charge is -2.14. The number of carbonyl (C=O) groups is 1. The van der Waals surface area contributed by atoms with Crippen LogP contribution in [0.3, 0.4) is 0 Å². The molecule has 0 unspecified atom stereocenters. The number of rotatable bonds is 8. The SMILES string of the molecule is CCCCCC(=O)Nc1ccc(C2=Nn3c(nnc3-c3ccc(OC)cc3)SC2)cc1. The van der Waals surface area contributed by atoms with Gasteiger partial charge in [0, 0.05) is 23.4 Å². The van der Waals surface area contributed by atoms with E-state index in [1.807, 2.05) is 48.5 Å². The second kappa shape index (κ2) is 9.78. The third-order valence-electron chi connectivity index (χ3n) is 5.03. The van der Waals surface area contributed by atoms with E-state index in [4.69, 9.17) is 9.84 Å². The van der Waals surface area contributed by atoms with Crippen molar-refractivity contribution >= 4 is 29.1 Å². The molecule has 2 heterocycles. The molecule has 4 rings (SSSR count). The van der Waals surface area contributed by atoms with Crippen molar-refractivity contribution < 1.29 is 9.53 Å². The Morgan fingerprint density at radius 2 is 1.81 bits per heavy atom. The second-order valence-corrected chi connectivity index (χ2v) is 8.21. The standard InChI is InChI=1S/C23H25N5O2S/c1-3-4-5-6-21(29)24-18-11-7-16(8-12-18)20-15-31-23-26-25-22(28(23)27-20)17-9-13-19(30-2)14-10-17/h7-14H,3-6,15H2,1-2H3,(H,24,29). The Labute approximate surface area is 185 Å². The highest BCUT2D eigenvalue weighted by molar-refractivity contribution is 7.99. The summed E-state index contributed by atoms with van der Waals surface area (Å²) in [7, 11) is 1.64. The molecule has 1 aromatic heterocycles. The number of carbonyl (C=O) groups excluding carboxylic acids is 1. The van der Waals surface area contributed by atoms with Crippen LogP contribution in [0.1, 0.15) is 38.2 Å². The molecule has 1 N–H and O–H groups in total. The molecule has 8 heteroatoms. The maximum absolute atomic E-state index is 12.0. The Morgan fingerprint density at radius 1 is 1.06 bits per heavy atom. The van der Waals surface area contributed by atoms with Gasteiger partial charge in [0.05, 0.1) is 12.8 Å². The molecule has 0 radical (unpaired) electrons. The van der Waals surface area contributed by atoms with Gasteiger partial charge in [-0.15, -0.1) is 10.2 Å². The molecule has 31 heavy (non-hydrogen) atoms. The van der Waals surface area contributed by atoms with Gasteiger partial charge in [0.2, 0.25) is 11.1 Å². The highest BCUT2D eigenvalue weighted by Gasteiger charge is 2.20. The predicted molar refractivity (Wildman–Crippen MR) is 124 cm³/mol. The molecule has 0 atom stereocenters. The highest BCUT2D eigenvalue weighted by atomic mass is 32.2. The normalized spacial score (nSPS) is 12.8. The maximum atomic E-state index is 12.0. The fourth-order valence-electron chi connectivity index (χ4n) is 3.29. The smallest absolute Gasteiger partial charge is 0.224 e. The van der Waals surface area contributed by atoms with Gasteiger partial charge in [-0.3, -0.25) is 4.79 Å². The average Bonchev–Trinajstić information content (AvgIpc) is 3.23. The highest BCUT2D eigenvalue weighted by Crippen LogP contribution is 2.29. The molecule has 2 aromatic carbocycles.